The van der Waals surface area contributed by atoms with Crippen molar-refractivity contribution in [3.8, 4) is 22.5 Å². The van der Waals surface area contributed by atoms with Crippen LogP contribution in [0, 0.1) is 6.92 Å². The molecule has 4 rings (SSSR count). The number of carbonyl (C=O) groups is 1. The largest absolute Gasteiger partial charge is 0.460 e. The molecule has 6 nitrogen and oxygen atoms in total. The minimum Gasteiger partial charge on any atom is -0.460 e. The number of ether oxygens (including phenoxy) is 1. The van der Waals surface area contributed by atoms with Gasteiger partial charge in [-0.1, -0.05) is 36.4 Å². The average molecular weight is 370 g/mol. The van der Waals surface area contributed by atoms with E-state index in [0.29, 0.717) is 11.0 Å². The number of hydrogen-bond donors (Lipinski definition) is 0. The predicted octanol–water partition coefficient (Wildman–Crippen LogP) is 4.24. The highest BCUT2D eigenvalue weighted by Crippen LogP contribution is 2.28. The van der Waals surface area contributed by atoms with Crippen LogP contribution in [0.25, 0.3) is 33.5 Å². The highest BCUT2D eigenvalue weighted by atomic mass is 16.5. The molecule has 0 fully saturated rings. The maximum absolute atomic E-state index is 11.9. The molecular formula is C22H18N4O2. The first-order valence-corrected chi connectivity index (χ1v) is 9.01. The van der Waals surface area contributed by atoms with Gasteiger partial charge < -0.3 is 4.74 Å². The van der Waals surface area contributed by atoms with Crippen LogP contribution in [0.1, 0.15) is 23.1 Å². The fraction of sp³-hybridized carbons (Fsp3) is 0.136. The zero-order valence-corrected chi connectivity index (χ0v) is 15.6. The van der Waals surface area contributed by atoms with Crippen LogP contribution in [-0.2, 0) is 4.74 Å². The van der Waals surface area contributed by atoms with Crippen LogP contribution in [0.15, 0.2) is 60.7 Å². The number of carbonyl (C=O) groups excluding carboxylic acids is 1. The smallest absolute Gasteiger partial charge is 0.378 e. The van der Waals surface area contributed by atoms with Crippen LogP contribution < -0.4 is 0 Å². The Bertz CT molecular complexity index is 1160. The van der Waals surface area contributed by atoms with E-state index in [4.69, 9.17) is 9.72 Å². The van der Waals surface area contributed by atoms with Crippen molar-refractivity contribution in [2.75, 3.05) is 6.61 Å². The summed E-state index contributed by atoms with van der Waals surface area (Å²) in [6.07, 6.45) is 0. The summed E-state index contributed by atoms with van der Waals surface area (Å²) in [5.41, 5.74) is 5.67. The number of aromatic nitrogens is 4. The van der Waals surface area contributed by atoms with E-state index in [1.807, 2.05) is 67.6 Å². The minimum atomic E-state index is -0.579. The first kappa shape index (κ1) is 17.7. The van der Waals surface area contributed by atoms with E-state index in [1.54, 1.807) is 6.92 Å². The molecular weight excluding hydrogens is 352 g/mol. The Morgan fingerprint density at radius 1 is 0.929 bits per heavy atom. The lowest BCUT2D eigenvalue weighted by molar-refractivity contribution is 0.0511. The molecule has 0 radical (unpaired) electrons. The summed E-state index contributed by atoms with van der Waals surface area (Å²) in [6.45, 7) is 3.96. The molecule has 0 spiro atoms. The van der Waals surface area contributed by atoms with Crippen molar-refractivity contribution < 1.29 is 9.53 Å². The molecule has 138 valence electrons. The Morgan fingerprint density at radius 2 is 1.71 bits per heavy atom. The van der Waals surface area contributed by atoms with Crippen molar-refractivity contribution in [2.24, 2.45) is 0 Å². The molecule has 2 aromatic heterocycles. The van der Waals surface area contributed by atoms with Gasteiger partial charge in [-0.15, -0.1) is 10.2 Å². The molecule has 4 aromatic rings. The summed E-state index contributed by atoms with van der Waals surface area (Å²) < 4.78 is 4.97. The number of fused-ring (bicyclic) bond motifs is 1. The number of esters is 1. The van der Waals surface area contributed by atoms with Crippen LogP contribution in [0.5, 0.6) is 0 Å². The van der Waals surface area contributed by atoms with Crippen LogP contribution >= 0.6 is 0 Å². The first-order valence-electron chi connectivity index (χ1n) is 9.01. The average Bonchev–Trinajstić information content (AvgIpc) is 2.73. The van der Waals surface area contributed by atoms with E-state index in [2.05, 4.69) is 15.2 Å². The molecule has 0 aliphatic rings. The standard InChI is InChI=1S/C22H18N4O2/c1-3-28-22(27)21-24-19-13-14(2)12-16(20(19)25-26-21)18-11-7-10-17(23-18)15-8-5-4-6-9-15/h4-13H,3H2,1-2H3. The maximum atomic E-state index is 11.9. The minimum absolute atomic E-state index is 0.0445. The first-order chi connectivity index (χ1) is 13.7. The molecule has 0 unspecified atom stereocenters. The number of pyridine rings is 1. The third-order valence-corrected chi connectivity index (χ3v) is 4.26. The molecule has 0 aliphatic heterocycles. The molecule has 0 saturated heterocycles. The molecule has 28 heavy (non-hydrogen) atoms. The van der Waals surface area contributed by atoms with Crippen LogP contribution in [-0.4, -0.2) is 32.7 Å². The van der Waals surface area contributed by atoms with Gasteiger partial charge in [0.15, 0.2) is 0 Å². The molecule has 0 atom stereocenters. The topological polar surface area (TPSA) is 77.9 Å². The third-order valence-electron chi connectivity index (χ3n) is 4.26. The zero-order chi connectivity index (χ0) is 19.5. The summed E-state index contributed by atoms with van der Waals surface area (Å²) in [5.74, 6) is -0.624. The lowest BCUT2D eigenvalue weighted by Crippen LogP contribution is -2.11. The third kappa shape index (κ3) is 3.44. The van der Waals surface area contributed by atoms with Gasteiger partial charge in [0.25, 0.3) is 5.82 Å². The summed E-state index contributed by atoms with van der Waals surface area (Å²) in [5, 5.41) is 8.21. The van der Waals surface area contributed by atoms with E-state index in [1.165, 1.54) is 0 Å². The Kier molecular flexibility index (Phi) is 4.76. The van der Waals surface area contributed by atoms with E-state index in [9.17, 15) is 4.79 Å². The molecule has 0 N–H and O–H groups in total. The Hall–Kier alpha value is -3.67. The quantitative estimate of drug-likeness (QED) is 0.500. The normalized spacial score (nSPS) is 10.8. The van der Waals surface area contributed by atoms with Crippen molar-refractivity contribution in [2.45, 2.75) is 13.8 Å². The van der Waals surface area contributed by atoms with Crippen molar-refractivity contribution in [3.05, 3.63) is 72.1 Å². The molecule has 0 aliphatic carbocycles. The summed E-state index contributed by atoms with van der Waals surface area (Å²) >= 11 is 0. The van der Waals surface area contributed by atoms with E-state index >= 15 is 0 Å². The number of hydrogen-bond acceptors (Lipinski definition) is 6. The van der Waals surface area contributed by atoms with Crippen molar-refractivity contribution in [1.82, 2.24) is 20.2 Å². The monoisotopic (exact) mass is 370 g/mol. The molecule has 0 amide bonds. The van der Waals surface area contributed by atoms with Gasteiger partial charge in [-0.3, -0.25) is 0 Å². The molecule has 6 heteroatoms. The van der Waals surface area contributed by atoms with Gasteiger partial charge in [-0.2, -0.15) is 0 Å². The number of nitrogens with zero attached hydrogens (tertiary/aromatic N) is 4. The van der Waals surface area contributed by atoms with Gasteiger partial charge in [0.1, 0.15) is 5.52 Å². The van der Waals surface area contributed by atoms with Crippen molar-refractivity contribution >= 4 is 17.0 Å². The van der Waals surface area contributed by atoms with Gasteiger partial charge in [0.2, 0.25) is 0 Å². The van der Waals surface area contributed by atoms with Gasteiger partial charge >= 0.3 is 5.97 Å². The highest BCUT2D eigenvalue weighted by Gasteiger charge is 2.16. The second kappa shape index (κ2) is 7.52. The zero-order valence-electron chi connectivity index (χ0n) is 15.6. The Balaban J connectivity index is 1.84. The number of benzene rings is 2. The summed E-state index contributed by atoms with van der Waals surface area (Å²) in [7, 11) is 0. The summed E-state index contributed by atoms with van der Waals surface area (Å²) in [6, 6.07) is 19.7. The van der Waals surface area contributed by atoms with E-state index in [0.717, 1.165) is 28.1 Å². The molecule has 2 aromatic carbocycles. The lowest BCUT2D eigenvalue weighted by Gasteiger charge is -2.09. The number of aryl methyl sites for hydroxylation is 1. The fourth-order valence-electron chi connectivity index (χ4n) is 3.02. The highest BCUT2D eigenvalue weighted by molar-refractivity contribution is 5.93. The molecule has 0 bridgehead atoms. The Morgan fingerprint density at radius 3 is 2.50 bits per heavy atom. The van der Waals surface area contributed by atoms with Gasteiger partial charge in [0.05, 0.1) is 23.5 Å². The van der Waals surface area contributed by atoms with Crippen LogP contribution in [0.4, 0.5) is 0 Å². The second-order valence-electron chi connectivity index (χ2n) is 6.31. The van der Waals surface area contributed by atoms with Gasteiger partial charge in [-0.05, 0) is 43.7 Å². The van der Waals surface area contributed by atoms with Gasteiger partial charge in [0, 0.05) is 11.1 Å². The van der Waals surface area contributed by atoms with E-state index < -0.39 is 5.97 Å². The molecule has 0 saturated carbocycles. The SMILES string of the molecule is CCOC(=O)c1nnc2c(-c3cccc(-c4ccccc4)n3)cc(C)cc2n1. The fourth-order valence-corrected chi connectivity index (χ4v) is 3.02. The molecule has 2 heterocycles. The van der Waals surface area contributed by atoms with Crippen molar-refractivity contribution in [1.29, 1.82) is 0 Å². The lowest BCUT2D eigenvalue weighted by atomic mass is 10.0. The summed E-state index contributed by atoms with van der Waals surface area (Å²) in [4.78, 5) is 21.1. The number of rotatable bonds is 4. The van der Waals surface area contributed by atoms with Crippen LogP contribution in [0.2, 0.25) is 0 Å². The van der Waals surface area contributed by atoms with E-state index in [-0.39, 0.29) is 12.4 Å². The Labute approximate surface area is 162 Å². The predicted molar refractivity (Wildman–Crippen MR) is 107 cm³/mol. The maximum Gasteiger partial charge on any atom is 0.378 e. The van der Waals surface area contributed by atoms with Crippen LogP contribution in [0.3, 0.4) is 0 Å². The van der Waals surface area contributed by atoms with Crippen molar-refractivity contribution in [3.63, 3.8) is 0 Å². The second-order valence-corrected chi connectivity index (χ2v) is 6.31. The van der Waals surface area contributed by atoms with Gasteiger partial charge in [-0.25, -0.2) is 14.8 Å².